The third kappa shape index (κ3) is 8.82. The Morgan fingerprint density at radius 2 is 1.67 bits per heavy atom. The fraction of sp³-hybridized carbons (Fsp3) is 0.310. The molecule has 10 heteroatoms. The van der Waals surface area contributed by atoms with Crippen molar-refractivity contribution in [2.45, 2.75) is 27.7 Å². The Labute approximate surface area is 228 Å². The van der Waals surface area contributed by atoms with E-state index >= 15 is 0 Å². The molecule has 39 heavy (non-hydrogen) atoms. The zero-order valence-electron chi connectivity index (χ0n) is 22.9. The van der Waals surface area contributed by atoms with E-state index in [1.807, 2.05) is 63.2 Å². The first-order valence-corrected chi connectivity index (χ1v) is 12.5. The van der Waals surface area contributed by atoms with Gasteiger partial charge in [-0.25, -0.2) is 0 Å². The summed E-state index contributed by atoms with van der Waals surface area (Å²) in [4.78, 5) is 39.7. The maximum Gasteiger partial charge on any atom is 0.276 e. The lowest BCUT2D eigenvalue weighted by Gasteiger charge is -2.28. The van der Waals surface area contributed by atoms with Crippen LogP contribution in [0.2, 0.25) is 0 Å². The van der Waals surface area contributed by atoms with Crippen LogP contribution in [0.4, 0.5) is 11.4 Å². The topological polar surface area (TPSA) is 130 Å². The monoisotopic (exact) mass is 532 g/mol. The Hall–Kier alpha value is -4.44. The molecule has 0 atom stereocenters. The fourth-order valence-electron chi connectivity index (χ4n) is 3.68. The van der Waals surface area contributed by atoms with Crippen LogP contribution in [0, 0.1) is 12.8 Å². The molecule has 0 saturated carbocycles. The van der Waals surface area contributed by atoms with Crippen LogP contribution < -0.4 is 10.2 Å². The molecule has 0 radical (unpaired) electrons. The first-order chi connectivity index (χ1) is 18.9. The molecule has 0 unspecified atom stereocenters. The Bertz CT molecular complexity index is 1310. The van der Waals surface area contributed by atoms with Crippen molar-refractivity contribution in [2.75, 3.05) is 36.5 Å². The number of benzene rings is 1. The lowest BCUT2D eigenvalue weighted by Crippen LogP contribution is -2.36. The van der Waals surface area contributed by atoms with Gasteiger partial charge in [0.05, 0.1) is 42.5 Å². The quantitative estimate of drug-likeness (QED) is 0.386. The van der Waals surface area contributed by atoms with Gasteiger partial charge in [-0.3, -0.25) is 19.9 Å². The molecule has 1 aliphatic heterocycles. The minimum atomic E-state index is -0.283. The van der Waals surface area contributed by atoms with E-state index in [1.165, 1.54) is 0 Å². The van der Waals surface area contributed by atoms with E-state index in [1.54, 1.807) is 6.20 Å². The van der Waals surface area contributed by atoms with E-state index in [9.17, 15) is 4.79 Å². The summed E-state index contributed by atoms with van der Waals surface area (Å²) in [5.74, 6) is 0.550. The van der Waals surface area contributed by atoms with E-state index in [4.69, 9.17) is 14.3 Å². The van der Waals surface area contributed by atoms with E-state index in [2.05, 4.69) is 57.2 Å². The molecule has 2 N–H and O–H groups in total. The van der Waals surface area contributed by atoms with Gasteiger partial charge in [0.25, 0.3) is 5.91 Å². The second kappa shape index (κ2) is 15.7. The highest BCUT2D eigenvalue weighted by Gasteiger charge is 2.16. The van der Waals surface area contributed by atoms with Crippen LogP contribution >= 0.6 is 0 Å². The van der Waals surface area contributed by atoms with E-state index < -0.39 is 0 Å². The van der Waals surface area contributed by atoms with Gasteiger partial charge in [-0.1, -0.05) is 26.8 Å². The van der Waals surface area contributed by atoms with Crippen LogP contribution in [-0.4, -0.2) is 66.0 Å². The highest BCUT2D eigenvalue weighted by molar-refractivity contribution is 6.11. The summed E-state index contributed by atoms with van der Waals surface area (Å²) in [6.45, 7) is 15.5. The van der Waals surface area contributed by atoms with Crippen molar-refractivity contribution < 1.29 is 19.1 Å². The van der Waals surface area contributed by atoms with Gasteiger partial charge in [-0.2, -0.15) is 5.10 Å². The lowest BCUT2D eigenvalue weighted by atomic mass is 10.0. The smallest absolute Gasteiger partial charge is 0.276 e. The number of nitrogens with one attached hydrogen (secondary N) is 2. The van der Waals surface area contributed by atoms with Gasteiger partial charge in [-0.05, 0) is 48.7 Å². The second-order valence-electron chi connectivity index (χ2n) is 9.24. The van der Waals surface area contributed by atoms with Gasteiger partial charge in [0.15, 0.2) is 5.69 Å². The van der Waals surface area contributed by atoms with E-state index in [0.29, 0.717) is 11.4 Å². The highest BCUT2D eigenvalue weighted by atomic mass is 16.5. The highest BCUT2D eigenvalue weighted by Crippen LogP contribution is 2.28. The lowest BCUT2D eigenvalue weighted by molar-refractivity contribution is -0.0987. The molecule has 0 bridgehead atoms. The van der Waals surface area contributed by atoms with E-state index in [-0.39, 0.29) is 5.91 Å². The molecule has 1 amide bonds. The number of carbonyl (C=O) groups excluding carboxylic acids is 3. The van der Waals surface area contributed by atoms with Crippen LogP contribution in [0.3, 0.4) is 0 Å². The largest absolute Gasteiger partial charge is 0.378 e. The molecule has 1 aromatic carbocycles. The second-order valence-corrected chi connectivity index (χ2v) is 9.24. The normalized spacial score (nSPS) is 12.3. The summed E-state index contributed by atoms with van der Waals surface area (Å²) in [7, 11) is 0. The van der Waals surface area contributed by atoms with Gasteiger partial charge in [0.1, 0.15) is 13.6 Å². The minimum absolute atomic E-state index is 0.283. The number of aromatic nitrogens is 4. The molecule has 4 heterocycles. The average Bonchev–Trinajstić information content (AvgIpc) is 3.40. The molecule has 0 aliphatic carbocycles. The summed E-state index contributed by atoms with van der Waals surface area (Å²) in [6.07, 6.45) is 5.35. The summed E-state index contributed by atoms with van der Waals surface area (Å²) < 4.78 is 5.45. The van der Waals surface area contributed by atoms with Crippen molar-refractivity contribution in [2.24, 2.45) is 5.92 Å². The van der Waals surface area contributed by atoms with Gasteiger partial charge >= 0.3 is 0 Å². The molecule has 206 valence electrons. The molecule has 5 rings (SSSR count). The van der Waals surface area contributed by atoms with Crippen molar-refractivity contribution in [3.8, 4) is 11.1 Å². The zero-order chi connectivity index (χ0) is 28.8. The molecular formula is C29H36N6O4. The maximum absolute atomic E-state index is 12.8. The molecule has 3 aromatic heterocycles. The first-order valence-electron chi connectivity index (χ1n) is 12.5. The average molecular weight is 533 g/mol. The zero-order valence-corrected chi connectivity index (χ0v) is 22.9. The number of aromatic amines is 1. The van der Waals surface area contributed by atoms with Crippen molar-refractivity contribution >= 4 is 41.8 Å². The third-order valence-corrected chi connectivity index (χ3v) is 5.38. The van der Waals surface area contributed by atoms with Crippen LogP contribution in [0.5, 0.6) is 0 Å². The minimum Gasteiger partial charge on any atom is -0.378 e. The number of anilines is 2. The van der Waals surface area contributed by atoms with Crippen LogP contribution in [0.1, 0.15) is 37.0 Å². The summed E-state index contributed by atoms with van der Waals surface area (Å²) in [5.41, 5.74) is 5.69. The Morgan fingerprint density at radius 3 is 2.31 bits per heavy atom. The molecular weight excluding hydrogens is 496 g/mol. The summed E-state index contributed by atoms with van der Waals surface area (Å²) >= 11 is 0. The standard InChI is InChI=1S/C23H22N6O2.C4H10.2CH2O/c1-15-2-4-18(13-25-15)26-23(30)22-20-11-16(3-5-21(20)27-28-22)17-10-19(14-24-12-17)29-6-8-31-9-7-29;1-4(2)3;2*1-2/h2-5,10-14H,6-9H2,1H3,(H,26,30)(H,27,28);4H,1-3H3;2*1H2. The number of hydrogen-bond acceptors (Lipinski definition) is 8. The third-order valence-electron chi connectivity index (χ3n) is 5.38. The number of rotatable bonds is 4. The van der Waals surface area contributed by atoms with Gasteiger partial charge in [0.2, 0.25) is 0 Å². The fourth-order valence-corrected chi connectivity index (χ4v) is 3.68. The summed E-state index contributed by atoms with van der Waals surface area (Å²) in [6, 6.07) is 11.7. The number of aryl methyl sites for hydroxylation is 1. The maximum atomic E-state index is 12.8. The number of nitrogens with zero attached hydrogens (tertiary/aromatic N) is 4. The molecule has 1 fully saturated rings. The van der Waals surface area contributed by atoms with Gasteiger partial charge < -0.3 is 24.5 Å². The van der Waals surface area contributed by atoms with Gasteiger partial charge in [0, 0.05) is 35.9 Å². The van der Waals surface area contributed by atoms with Crippen LogP contribution in [0.15, 0.2) is 55.0 Å². The number of H-pyrrole nitrogens is 1. The molecule has 0 spiro atoms. The molecule has 1 saturated heterocycles. The molecule has 10 nitrogen and oxygen atoms in total. The number of morpholine rings is 1. The number of ether oxygens (including phenoxy) is 1. The number of fused-ring (bicyclic) bond motifs is 1. The number of hydrogen-bond donors (Lipinski definition) is 2. The Morgan fingerprint density at radius 1 is 0.974 bits per heavy atom. The SMILES string of the molecule is C=O.C=O.CC(C)C.Cc1ccc(NC(=O)c2n[nH]c3ccc(-c4cncc(N5CCOCC5)c4)cc23)cn1. The summed E-state index contributed by atoms with van der Waals surface area (Å²) in [5, 5.41) is 10.8. The van der Waals surface area contributed by atoms with Crippen LogP contribution in [-0.2, 0) is 14.3 Å². The molecule has 4 aromatic rings. The predicted molar refractivity (Wildman–Crippen MR) is 154 cm³/mol. The van der Waals surface area contributed by atoms with Crippen molar-refractivity contribution in [3.63, 3.8) is 0 Å². The number of carbonyl (C=O) groups is 3. The van der Waals surface area contributed by atoms with E-state index in [0.717, 1.165) is 65.6 Å². The number of amides is 1. The number of pyridine rings is 2. The Balaban J connectivity index is 0.000000602. The van der Waals surface area contributed by atoms with Crippen molar-refractivity contribution in [3.05, 3.63) is 66.4 Å². The van der Waals surface area contributed by atoms with Crippen molar-refractivity contribution in [1.82, 2.24) is 20.2 Å². The van der Waals surface area contributed by atoms with Gasteiger partial charge in [-0.15, -0.1) is 0 Å². The Kier molecular flexibility index (Phi) is 12.4. The first kappa shape index (κ1) is 30.8. The molecule has 1 aliphatic rings. The van der Waals surface area contributed by atoms with Crippen LogP contribution in [0.25, 0.3) is 22.0 Å². The van der Waals surface area contributed by atoms with Crippen molar-refractivity contribution in [1.29, 1.82) is 0 Å². The predicted octanol–water partition coefficient (Wildman–Crippen LogP) is 4.71.